The molecule has 0 aliphatic carbocycles. The Hall–Kier alpha value is -3.02. The van der Waals surface area contributed by atoms with Gasteiger partial charge >= 0.3 is 5.97 Å². The van der Waals surface area contributed by atoms with E-state index < -0.39 is 5.97 Å². The number of pyridine rings is 1. The number of nitrogens with one attached hydrogen (secondary N) is 1. The molecule has 2 aromatic heterocycles. The second-order valence-electron chi connectivity index (χ2n) is 4.10. The van der Waals surface area contributed by atoms with E-state index in [9.17, 15) is 4.79 Å². The first kappa shape index (κ1) is 12.0. The van der Waals surface area contributed by atoms with Crippen molar-refractivity contribution in [1.82, 2.24) is 15.0 Å². The van der Waals surface area contributed by atoms with E-state index in [1.54, 1.807) is 30.6 Å². The van der Waals surface area contributed by atoms with Crippen LogP contribution in [0.15, 0.2) is 48.8 Å². The molecule has 0 aliphatic heterocycles. The average molecular weight is 266 g/mol. The van der Waals surface area contributed by atoms with Crippen molar-refractivity contribution in [2.45, 2.75) is 0 Å². The number of carboxylic acid groups (broad SMARTS) is 1. The number of benzene rings is 1. The molecule has 1 aromatic carbocycles. The predicted molar refractivity (Wildman–Crippen MR) is 74.0 cm³/mol. The molecule has 0 spiro atoms. The minimum atomic E-state index is -0.948. The number of aromatic carboxylic acids is 1. The second-order valence-corrected chi connectivity index (χ2v) is 4.10. The van der Waals surface area contributed by atoms with Gasteiger partial charge in [0.25, 0.3) is 0 Å². The SMILES string of the molecule is O=C(O)c1ccc(Nc2ccc3nccnc3n2)cc1. The van der Waals surface area contributed by atoms with E-state index in [-0.39, 0.29) is 5.56 Å². The lowest BCUT2D eigenvalue weighted by molar-refractivity contribution is 0.0697. The number of carboxylic acids is 1. The van der Waals surface area contributed by atoms with Gasteiger partial charge < -0.3 is 10.4 Å². The van der Waals surface area contributed by atoms with E-state index in [4.69, 9.17) is 5.11 Å². The van der Waals surface area contributed by atoms with Gasteiger partial charge in [0.1, 0.15) is 11.3 Å². The molecule has 6 nitrogen and oxygen atoms in total. The highest BCUT2D eigenvalue weighted by molar-refractivity contribution is 5.88. The number of anilines is 2. The number of hydrogen-bond acceptors (Lipinski definition) is 5. The van der Waals surface area contributed by atoms with Crippen LogP contribution in [0.1, 0.15) is 10.4 Å². The molecule has 2 heterocycles. The molecule has 3 rings (SSSR count). The first-order valence-corrected chi connectivity index (χ1v) is 5.90. The number of hydrogen-bond donors (Lipinski definition) is 2. The van der Waals surface area contributed by atoms with Gasteiger partial charge in [-0.15, -0.1) is 0 Å². The van der Waals surface area contributed by atoms with Crippen molar-refractivity contribution >= 4 is 28.6 Å². The largest absolute Gasteiger partial charge is 0.478 e. The molecule has 0 aliphatic rings. The van der Waals surface area contributed by atoms with E-state index in [1.807, 2.05) is 6.07 Å². The second kappa shape index (κ2) is 4.93. The highest BCUT2D eigenvalue weighted by Crippen LogP contribution is 2.17. The molecule has 0 fully saturated rings. The van der Waals surface area contributed by atoms with Gasteiger partial charge in [0, 0.05) is 18.1 Å². The van der Waals surface area contributed by atoms with Crippen molar-refractivity contribution in [3.63, 3.8) is 0 Å². The zero-order valence-electron chi connectivity index (χ0n) is 10.3. The van der Waals surface area contributed by atoms with Crippen LogP contribution in [-0.2, 0) is 0 Å². The first-order chi connectivity index (χ1) is 9.72. The van der Waals surface area contributed by atoms with Crippen molar-refractivity contribution in [3.8, 4) is 0 Å². The van der Waals surface area contributed by atoms with Gasteiger partial charge in [-0.05, 0) is 36.4 Å². The molecule has 0 saturated heterocycles. The normalized spacial score (nSPS) is 10.4. The van der Waals surface area contributed by atoms with Gasteiger partial charge in [-0.2, -0.15) is 0 Å². The Morgan fingerprint density at radius 3 is 2.50 bits per heavy atom. The summed E-state index contributed by atoms with van der Waals surface area (Å²) in [4.78, 5) is 23.4. The molecule has 20 heavy (non-hydrogen) atoms. The van der Waals surface area contributed by atoms with Gasteiger partial charge in [0.15, 0.2) is 5.65 Å². The lowest BCUT2D eigenvalue weighted by atomic mass is 10.2. The highest BCUT2D eigenvalue weighted by atomic mass is 16.4. The molecule has 0 amide bonds. The predicted octanol–water partition coefficient (Wildman–Crippen LogP) is 2.47. The Morgan fingerprint density at radius 2 is 1.75 bits per heavy atom. The summed E-state index contributed by atoms with van der Waals surface area (Å²) in [7, 11) is 0. The fourth-order valence-electron chi connectivity index (χ4n) is 1.77. The van der Waals surface area contributed by atoms with Crippen molar-refractivity contribution in [1.29, 1.82) is 0 Å². The Labute approximate surface area is 114 Å². The van der Waals surface area contributed by atoms with Gasteiger partial charge in [-0.1, -0.05) is 0 Å². The monoisotopic (exact) mass is 266 g/mol. The third kappa shape index (κ3) is 2.39. The highest BCUT2D eigenvalue weighted by Gasteiger charge is 2.03. The maximum absolute atomic E-state index is 10.8. The molecular formula is C14H10N4O2. The Kier molecular flexibility index (Phi) is 2.96. The Bertz CT molecular complexity index is 771. The van der Waals surface area contributed by atoms with Crippen LogP contribution in [0.3, 0.4) is 0 Å². The van der Waals surface area contributed by atoms with Crippen molar-refractivity contribution < 1.29 is 9.90 Å². The summed E-state index contributed by atoms with van der Waals surface area (Å²) < 4.78 is 0. The number of nitrogens with zero attached hydrogens (tertiary/aromatic N) is 3. The van der Waals surface area contributed by atoms with E-state index in [2.05, 4.69) is 20.3 Å². The number of fused-ring (bicyclic) bond motifs is 1. The molecule has 3 aromatic rings. The minimum absolute atomic E-state index is 0.243. The first-order valence-electron chi connectivity index (χ1n) is 5.90. The van der Waals surface area contributed by atoms with Crippen LogP contribution in [0, 0.1) is 0 Å². The van der Waals surface area contributed by atoms with Crippen LogP contribution in [0.25, 0.3) is 11.2 Å². The van der Waals surface area contributed by atoms with Gasteiger partial charge in [-0.25, -0.2) is 14.8 Å². The fourth-order valence-corrected chi connectivity index (χ4v) is 1.77. The number of carbonyl (C=O) groups is 1. The number of rotatable bonds is 3. The quantitative estimate of drug-likeness (QED) is 0.757. The lowest BCUT2D eigenvalue weighted by Crippen LogP contribution is -1.98. The minimum Gasteiger partial charge on any atom is -0.478 e. The van der Waals surface area contributed by atoms with E-state index in [0.717, 1.165) is 11.2 Å². The topological polar surface area (TPSA) is 88.0 Å². The van der Waals surface area contributed by atoms with Crippen LogP contribution < -0.4 is 5.32 Å². The number of aromatic nitrogens is 3. The smallest absolute Gasteiger partial charge is 0.335 e. The summed E-state index contributed by atoms with van der Waals surface area (Å²) in [5.74, 6) is -0.322. The lowest BCUT2D eigenvalue weighted by Gasteiger charge is -2.06. The average Bonchev–Trinajstić information content (AvgIpc) is 2.48. The summed E-state index contributed by atoms with van der Waals surface area (Å²) in [6.07, 6.45) is 3.20. The Balaban J connectivity index is 1.87. The Morgan fingerprint density at radius 1 is 1.00 bits per heavy atom. The summed E-state index contributed by atoms with van der Waals surface area (Å²) >= 11 is 0. The fraction of sp³-hybridized carbons (Fsp3) is 0. The maximum Gasteiger partial charge on any atom is 0.335 e. The van der Waals surface area contributed by atoms with Crippen molar-refractivity contribution in [3.05, 3.63) is 54.4 Å². The summed E-state index contributed by atoms with van der Waals surface area (Å²) in [6.45, 7) is 0. The maximum atomic E-state index is 10.8. The zero-order chi connectivity index (χ0) is 13.9. The van der Waals surface area contributed by atoms with Crippen LogP contribution in [-0.4, -0.2) is 26.0 Å². The van der Waals surface area contributed by atoms with E-state index >= 15 is 0 Å². The van der Waals surface area contributed by atoms with Gasteiger partial charge in [-0.3, -0.25) is 4.98 Å². The van der Waals surface area contributed by atoms with E-state index in [0.29, 0.717) is 11.5 Å². The molecule has 2 N–H and O–H groups in total. The molecule has 0 radical (unpaired) electrons. The molecule has 6 heteroatoms. The van der Waals surface area contributed by atoms with Crippen LogP contribution >= 0.6 is 0 Å². The third-order valence-electron chi connectivity index (χ3n) is 2.74. The summed E-state index contributed by atoms with van der Waals surface area (Å²) in [5, 5.41) is 11.9. The van der Waals surface area contributed by atoms with Gasteiger partial charge in [0.2, 0.25) is 0 Å². The zero-order valence-corrected chi connectivity index (χ0v) is 10.3. The molecular weight excluding hydrogens is 256 g/mol. The molecule has 0 unspecified atom stereocenters. The molecule has 0 bridgehead atoms. The standard InChI is InChI=1S/C14H10N4O2/c19-14(20)9-1-3-10(4-2-9)17-12-6-5-11-13(18-12)16-8-7-15-11/h1-8H,(H,19,20)(H,16,17,18). The molecule has 0 atom stereocenters. The van der Waals surface area contributed by atoms with E-state index in [1.165, 1.54) is 12.1 Å². The van der Waals surface area contributed by atoms with Crippen molar-refractivity contribution in [2.24, 2.45) is 0 Å². The van der Waals surface area contributed by atoms with Crippen molar-refractivity contribution in [2.75, 3.05) is 5.32 Å². The van der Waals surface area contributed by atoms with Gasteiger partial charge in [0.05, 0.1) is 5.56 Å². The third-order valence-corrected chi connectivity index (χ3v) is 2.74. The molecule has 98 valence electrons. The van der Waals surface area contributed by atoms with Crippen LogP contribution in [0.4, 0.5) is 11.5 Å². The van der Waals surface area contributed by atoms with Crippen LogP contribution in [0.5, 0.6) is 0 Å². The summed E-state index contributed by atoms with van der Waals surface area (Å²) in [6, 6.07) is 10.1. The van der Waals surface area contributed by atoms with Crippen LogP contribution in [0.2, 0.25) is 0 Å². The molecule has 0 saturated carbocycles. The summed E-state index contributed by atoms with van der Waals surface area (Å²) in [5.41, 5.74) is 2.28.